The van der Waals surface area contributed by atoms with Crippen LogP contribution in [0.1, 0.15) is 17.3 Å². The van der Waals surface area contributed by atoms with Crippen LogP contribution in [-0.4, -0.2) is 54.0 Å². The van der Waals surface area contributed by atoms with E-state index >= 15 is 0 Å². The largest absolute Gasteiger partial charge is 0.464 e. The number of esters is 1. The molecule has 0 radical (unpaired) electrons. The van der Waals surface area contributed by atoms with Crippen molar-refractivity contribution in [1.82, 2.24) is 15.2 Å². The Bertz CT molecular complexity index is 509. The molecular formula is C13H16BrN3O3. The van der Waals surface area contributed by atoms with E-state index in [4.69, 9.17) is 4.74 Å². The van der Waals surface area contributed by atoms with E-state index in [2.05, 4.69) is 26.2 Å². The highest BCUT2D eigenvalue weighted by Gasteiger charge is 2.33. The quantitative estimate of drug-likeness (QED) is 0.824. The van der Waals surface area contributed by atoms with Crippen molar-refractivity contribution in [3.05, 3.63) is 28.5 Å². The highest BCUT2D eigenvalue weighted by molar-refractivity contribution is 9.10. The zero-order valence-electron chi connectivity index (χ0n) is 11.1. The fourth-order valence-corrected chi connectivity index (χ4v) is 2.46. The molecule has 0 spiro atoms. The molecule has 2 heterocycles. The maximum Gasteiger partial charge on any atom is 0.330 e. The number of nitrogens with zero attached hydrogens (tertiary/aromatic N) is 2. The molecule has 0 aliphatic carbocycles. The average molecular weight is 342 g/mol. The molecule has 1 saturated heterocycles. The van der Waals surface area contributed by atoms with Crippen molar-refractivity contribution >= 4 is 27.8 Å². The van der Waals surface area contributed by atoms with E-state index in [1.165, 1.54) is 11.1 Å². The first-order valence-electron chi connectivity index (χ1n) is 6.42. The number of halogens is 1. The fourth-order valence-electron chi connectivity index (χ4n) is 2.09. The monoisotopic (exact) mass is 341 g/mol. The molecule has 1 atom stereocenters. The Morgan fingerprint density at radius 3 is 3.05 bits per heavy atom. The first-order valence-corrected chi connectivity index (χ1v) is 7.21. The second kappa shape index (κ2) is 6.81. The lowest BCUT2D eigenvalue weighted by atomic mass is 10.1. The molecule has 1 amide bonds. The lowest BCUT2D eigenvalue weighted by Crippen LogP contribution is -2.57. The third-order valence-electron chi connectivity index (χ3n) is 3.01. The molecule has 1 aromatic rings. The predicted molar refractivity (Wildman–Crippen MR) is 76.3 cm³/mol. The average Bonchev–Trinajstić information content (AvgIpc) is 2.47. The zero-order chi connectivity index (χ0) is 14.5. The molecule has 108 valence electrons. The number of aromatic nitrogens is 1. The van der Waals surface area contributed by atoms with E-state index < -0.39 is 6.04 Å². The second-order valence-electron chi connectivity index (χ2n) is 4.36. The Hall–Kier alpha value is -1.47. The van der Waals surface area contributed by atoms with Gasteiger partial charge < -0.3 is 15.0 Å². The number of piperazine rings is 1. The Labute approximate surface area is 125 Å². The number of carbonyl (C=O) groups is 2. The molecule has 1 aliphatic rings. The standard InChI is InChI=1S/C13H16BrN3O3/c1-2-20-13(19)11-8-15-3-4-17(11)12(18)9-5-10(14)7-16-6-9/h5-7,11,15H,2-4,8H2,1H3. The first-order chi connectivity index (χ1) is 9.63. The molecule has 1 aromatic heterocycles. The highest BCUT2D eigenvalue weighted by Crippen LogP contribution is 2.15. The van der Waals surface area contributed by atoms with Crippen molar-refractivity contribution in [2.45, 2.75) is 13.0 Å². The summed E-state index contributed by atoms with van der Waals surface area (Å²) >= 11 is 3.29. The smallest absolute Gasteiger partial charge is 0.330 e. The molecule has 0 aromatic carbocycles. The van der Waals surface area contributed by atoms with Crippen LogP contribution in [0.25, 0.3) is 0 Å². The summed E-state index contributed by atoms with van der Waals surface area (Å²) in [5.74, 6) is -0.589. The maximum atomic E-state index is 12.5. The van der Waals surface area contributed by atoms with Gasteiger partial charge in [0.15, 0.2) is 0 Å². The summed E-state index contributed by atoms with van der Waals surface area (Å²) in [6.07, 6.45) is 3.11. The van der Waals surface area contributed by atoms with Crippen molar-refractivity contribution < 1.29 is 14.3 Å². The van der Waals surface area contributed by atoms with Gasteiger partial charge in [-0.3, -0.25) is 9.78 Å². The SMILES string of the molecule is CCOC(=O)C1CNCCN1C(=O)c1cncc(Br)c1. The van der Waals surface area contributed by atoms with Gasteiger partial charge in [0.1, 0.15) is 6.04 Å². The van der Waals surface area contributed by atoms with Gasteiger partial charge in [-0.15, -0.1) is 0 Å². The van der Waals surface area contributed by atoms with Crippen molar-refractivity contribution in [3.63, 3.8) is 0 Å². The summed E-state index contributed by atoms with van der Waals surface area (Å²) in [5, 5.41) is 3.10. The molecule has 6 nitrogen and oxygen atoms in total. The Kier molecular flexibility index (Phi) is 5.08. The van der Waals surface area contributed by atoms with Crippen molar-refractivity contribution in [3.8, 4) is 0 Å². The van der Waals surface area contributed by atoms with E-state index in [1.54, 1.807) is 19.2 Å². The van der Waals surface area contributed by atoms with Crippen LogP contribution in [0.4, 0.5) is 0 Å². The van der Waals surface area contributed by atoms with Crippen molar-refractivity contribution in [2.75, 3.05) is 26.2 Å². The lowest BCUT2D eigenvalue weighted by molar-refractivity contribution is -0.149. The Balaban J connectivity index is 2.19. The number of pyridine rings is 1. The van der Waals surface area contributed by atoms with Gasteiger partial charge in [0.05, 0.1) is 12.2 Å². The third-order valence-corrected chi connectivity index (χ3v) is 3.45. The minimum atomic E-state index is -0.588. The van der Waals surface area contributed by atoms with Gasteiger partial charge in [0.25, 0.3) is 5.91 Å². The molecule has 7 heteroatoms. The maximum absolute atomic E-state index is 12.5. The first kappa shape index (κ1) is 14.9. The normalized spacial score (nSPS) is 18.7. The van der Waals surface area contributed by atoms with E-state index in [9.17, 15) is 9.59 Å². The van der Waals surface area contributed by atoms with Gasteiger partial charge in [0.2, 0.25) is 0 Å². The highest BCUT2D eigenvalue weighted by atomic mass is 79.9. The molecule has 2 rings (SSSR count). The van der Waals surface area contributed by atoms with Crippen LogP contribution in [0.2, 0.25) is 0 Å². The van der Waals surface area contributed by atoms with Gasteiger partial charge in [-0.1, -0.05) is 0 Å². The summed E-state index contributed by atoms with van der Waals surface area (Å²) in [6, 6.07) is 1.11. The number of ether oxygens (including phenoxy) is 1. The summed E-state index contributed by atoms with van der Waals surface area (Å²) < 4.78 is 5.75. The van der Waals surface area contributed by atoms with Crippen LogP contribution in [0.15, 0.2) is 22.9 Å². The third kappa shape index (κ3) is 3.34. The number of amides is 1. The summed E-state index contributed by atoms with van der Waals surface area (Å²) in [5.41, 5.74) is 0.454. The molecule has 1 fully saturated rings. The minimum absolute atomic E-state index is 0.210. The van der Waals surface area contributed by atoms with E-state index in [0.29, 0.717) is 31.8 Å². The van der Waals surface area contributed by atoms with Crippen LogP contribution >= 0.6 is 15.9 Å². The van der Waals surface area contributed by atoms with Crippen LogP contribution in [0.3, 0.4) is 0 Å². The number of carbonyl (C=O) groups excluding carboxylic acids is 2. The second-order valence-corrected chi connectivity index (χ2v) is 5.28. The van der Waals surface area contributed by atoms with Crippen LogP contribution in [-0.2, 0) is 9.53 Å². The molecular weight excluding hydrogens is 326 g/mol. The molecule has 0 saturated carbocycles. The topological polar surface area (TPSA) is 71.5 Å². The molecule has 1 aliphatic heterocycles. The van der Waals surface area contributed by atoms with Gasteiger partial charge in [0, 0.05) is 36.5 Å². The Morgan fingerprint density at radius 2 is 2.35 bits per heavy atom. The lowest BCUT2D eigenvalue weighted by Gasteiger charge is -2.34. The number of hydrogen-bond acceptors (Lipinski definition) is 5. The Morgan fingerprint density at radius 1 is 1.55 bits per heavy atom. The molecule has 20 heavy (non-hydrogen) atoms. The number of rotatable bonds is 3. The van der Waals surface area contributed by atoms with E-state index in [1.807, 2.05) is 0 Å². The number of hydrogen-bond donors (Lipinski definition) is 1. The molecule has 1 unspecified atom stereocenters. The van der Waals surface area contributed by atoms with E-state index in [0.717, 1.165) is 4.47 Å². The van der Waals surface area contributed by atoms with Gasteiger partial charge >= 0.3 is 5.97 Å². The van der Waals surface area contributed by atoms with E-state index in [-0.39, 0.29) is 11.9 Å². The number of nitrogens with one attached hydrogen (secondary N) is 1. The summed E-state index contributed by atoms with van der Waals surface area (Å²) in [6.45, 7) is 3.58. The van der Waals surface area contributed by atoms with Gasteiger partial charge in [-0.05, 0) is 28.9 Å². The van der Waals surface area contributed by atoms with Crippen LogP contribution in [0, 0.1) is 0 Å². The van der Waals surface area contributed by atoms with Gasteiger partial charge in [-0.25, -0.2) is 4.79 Å². The van der Waals surface area contributed by atoms with Crippen LogP contribution in [0.5, 0.6) is 0 Å². The van der Waals surface area contributed by atoms with Gasteiger partial charge in [-0.2, -0.15) is 0 Å². The molecule has 0 bridgehead atoms. The molecule has 1 N–H and O–H groups in total. The zero-order valence-corrected chi connectivity index (χ0v) is 12.7. The predicted octanol–water partition coefficient (Wildman–Crippen LogP) is 0.821. The van der Waals surface area contributed by atoms with Crippen molar-refractivity contribution in [2.24, 2.45) is 0 Å². The fraction of sp³-hybridized carbons (Fsp3) is 0.462. The summed E-state index contributed by atoms with van der Waals surface area (Å²) in [4.78, 5) is 30.0. The van der Waals surface area contributed by atoms with Crippen molar-refractivity contribution in [1.29, 1.82) is 0 Å². The van der Waals surface area contributed by atoms with Crippen LogP contribution < -0.4 is 5.32 Å². The summed E-state index contributed by atoms with van der Waals surface area (Å²) in [7, 11) is 0. The minimum Gasteiger partial charge on any atom is -0.464 e.